The average Bonchev–Trinajstić information content (AvgIpc) is 2.41. The van der Waals surface area contributed by atoms with Crippen LogP contribution in [0, 0.1) is 0 Å². The second kappa shape index (κ2) is 5.73. The number of para-hydroxylation sites is 1. The Bertz CT molecular complexity index is 428. The van der Waals surface area contributed by atoms with Crippen molar-refractivity contribution < 1.29 is 14.3 Å². The SMILES string of the molecule is COC(=O)c1cccc(NC2CCOCC2)c1N. The Morgan fingerprint density at radius 3 is 2.83 bits per heavy atom. The van der Waals surface area contributed by atoms with Gasteiger partial charge < -0.3 is 20.5 Å². The maximum Gasteiger partial charge on any atom is 0.340 e. The number of anilines is 2. The van der Waals surface area contributed by atoms with Gasteiger partial charge in [-0.05, 0) is 25.0 Å². The van der Waals surface area contributed by atoms with Gasteiger partial charge in [0, 0.05) is 19.3 Å². The number of hydrogen-bond donors (Lipinski definition) is 2. The molecule has 1 aliphatic heterocycles. The molecule has 5 nitrogen and oxygen atoms in total. The molecule has 0 spiro atoms. The molecule has 1 heterocycles. The molecule has 0 unspecified atom stereocenters. The molecule has 1 fully saturated rings. The summed E-state index contributed by atoms with van der Waals surface area (Å²) in [5.74, 6) is -0.414. The van der Waals surface area contributed by atoms with Crippen LogP contribution < -0.4 is 11.1 Å². The Kier molecular flexibility index (Phi) is 4.04. The zero-order valence-corrected chi connectivity index (χ0v) is 10.4. The van der Waals surface area contributed by atoms with E-state index < -0.39 is 5.97 Å². The number of methoxy groups -OCH3 is 1. The molecule has 5 heteroatoms. The van der Waals surface area contributed by atoms with Crippen LogP contribution in [0.2, 0.25) is 0 Å². The molecule has 98 valence electrons. The number of nitrogens with two attached hydrogens (primary N) is 1. The quantitative estimate of drug-likeness (QED) is 0.630. The van der Waals surface area contributed by atoms with Crippen molar-refractivity contribution in [1.29, 1.82) is 0 Å². The van der Waals surface area contributed by atoms with E-state index in [1.165, 1.54) is 7.11 Å². The molecule has 1 aromatic rings. The number of nitrogen functional groups attached to an aromatic ring is 1. The summed E-state index contributed by atoms with van der Waals surface area (Å²) in [6, 6.07) is 5.67. The van der Waals surface area contributed by atoms with Crippen LogP contribution in [0.1, 0.15) is 23.2 Å². The van der Waals surface area contributed by atoms with Crippen LogP contribution in [0.3, 0.4) is 0 Å². The molecule has 1 aliphatic rings. The van der Waals surface area contributed by atoms with Gasteiger partial charge in [-0.3, -0.25) is 0 Å². The van der Waals surface area contributed by atoms with Crippen LogP contribution in [-0.2, 0) is 9.47 Å². The number of ether oxygens (including phenoxy) is 2. The van der Waals surface area contributed by atoms with E-state index in [9.17, 15) is 4.79 Å². The molecule has 1 saturated heterocycles. The molecule has 0 saturated carbocycles. The summed E-state index contributed by atoms with van der Waals surface area (Å²) in [5, 5.41) is 3.36. The van der Waals surface area contributed by atoms with E-state index in [-0.39, 0.29) is 0 Å². The third kappa shape index (κ3) is 2.73. The fourth-order valence-corrected chi connectivity index (χ4v) is 2.04. The van der Waals surface area contributed by atoms with Crippen LogP contribution >= 0.6 is 0 Å². The summed E-state index contributed by atoms with van der Waals surface area (Å²) >= 11 is 0. The smallest absolute Gasteiger partial charge is 0.340 e. The summed E-state index contributed by atoms with van der Waals surface area (Å²) in [6.45, 7) is 1.52. The predicted molar refractivity (Wildman–Crippen MR) is 69.7 cm³/mol. The van der Waals surface area contributed by atoms with Gasteiger partial charge in [-0.25, -0.2) is 4.79 Å². The Morgan fingerprint density at radius 1 is 1.44 bits per heavy atom. The molecule has 1 aromatic carbocycles. The minimum atomic E-state index is -0.414. The second-order valence-electron chi connectivity index (χ2n) is 4.29. The molecule has 0 amide bonds. The molecular weight excluding hydrogens is 232 g/mol. The first kappa shape index (κ1) is 12.7. The van der Waals surface area contributed by atoms with E-state index in [1.807, 2.05) is 6.07 Å². The molecule has 0 aromatic heterocycles. The predicted octanol–water partition coefficient (Wildman–Crippen LogP) is 1.65. The van der Waals surface area contributed by atoms with Gasteiger partial charge in [-0.1, -0.05) is 6.07 Å². The van der Waals surface area contributed by atoms with Crippen molar-refractivity contribution in [3.05, 3.63) is 23.8 Å². The van der Waals surface area contributed by atoms with Crippen molar-refractivity contribution in [2.75, 3.05) is 31.4 Å². The maximum absolute atomic E-state index is 11.5. The standard InChI is InChI=1S/C13H18N2O3/c1-17-13(16)10-3-2-4-11(12(10)14)15-9-5-7-18-8-6-9/h2-4,9,15H,5-8,14H2,1H3. The van der Waals surface area contributed by atoms with Crippen LogP contribution in [0.15, 0.2) is 18.2 Å². The Balaban J connectivity index is 2.15. The Hall–Kier alpha value is -1.75. The fourth-order valence-electron chi connectivity index (χ4n) is 2.04. The van der Waals surface area contributed by atoms with Crippen LogP contribution in [0.25, 0.3) is 0 Å². The van der Waals surface area contributed by atoms with Crippen LogP contribution in [0.5, 0.6) is 0 Å². The molecule has 0 bridgehead atoms. The monoisotopic (exact) mass is 250 g/mol. The van der Waals surface area contributed by atoms with E-state index in [4.69, 9.17) is 15.2 Å². The minimum absolute atomic E-state index is 0.342. The van der Waals surface area contributed by atoms with Crippen LogP contribution in [-0.4, -0.2) is 32.3 Å². The average molecular weight is 250 g/mol. The second-order valence-corrected chi connectivity index (χ2v) is 4.29. The lowest BCUT2D eigenvalue weighted by Crippen LogP contribution is -2.28. The highest BCUT2D eigenvalue weighted by Gasteiger charge is 2.17. The van der Waals surface area contributed by atoms with E-state index in [0.717, 1.165) is 31.7 Å². The first-order chi connectivity index (χ1) is 8.72. The van der Waals surface area contributed by atoms with Crippen molar-refractivity contribution in [2.45, 2.75) is 18.9 Å². The van der Waals surface area contributed by atoms with Crippen molar-refractivity contribution in [2.24, 2.45) is 0 Å². The molecule has 18 heavy (non-hydrogen) atoms. The lowest BCUT2D eigenvalue weighted by atomic mass is 10.1. The van der Waals surface area contributed by atoms with Crippen molar-refractivity contribution in [3.63, 3.8) is 0 Å². The lowest BCUT2D eigenvalue weighted by Gasteiger charge is -2.25. The molecule has 0 atom stereocenters. The lowest BCUT2D eigenvalue weighted by molar-refractivity contribution is 0.0602. The zero-order valence-electron chi connectivity index (χ0n) is 10.4. The van der Waals surface area contributed by atoms with Gasteiger partial charge in [-0.2, -0.15) is 0 Å². The number of nitrogens with one attached hydrogen (secondary N) is 1. The van der Waals surface area contributed by atoms with E-state index >= 15 is 0 Å². The first-order valence-corrected chi connectivity index (χ1v) is 6.03. The Labute approximate surface area is 106 Å². The van der Waals surface area contributed by atoms with Gasteiger partial charge in [0.05, 0.1) is 24.0 Å². The maximum atomic E-state index is 11.5. The summed E-state index contributed by atoms with van der Waals surface area (Å²) in [7, 11) is 1.35. The van der Waals surface area contributed by atoms with Crippen molar-refractivity contribution >= 4 is 17.3 Å². The van der Waals surface area contributed by atoms with Gasteiger partial charge in [0.1, 0.15) is 0 Å². The highest BCUT2D eigenvalue weighted by Crippen LogP contribution is 2.25. The molecule has 3 N–H and O–H groups in total. The Morgan fingerprint density at radius 2 is 2.17 bits per heavy atom. The summed E-state index contributed by atoms with van der Waals surface area (Å²) in [5.41, 5.74) is 7.60. The molecule has 0 aliphatic carbocycles. The topological polar surface area (TPSA) is 73.6 Å². The van der Waals surface area contributed by atoms with Gasteiger partial charge in [-0.15, -0.1) is 0 Å². The molecular formula is C13H18N2O3. The number of hydrogen-bond acceptors (Lipinski definition) is 5. The molecule has 0 radical (unpaired) electrons. The van der Waals surface area contributed by atoms with Crippen molar-refractivity contribution in [1.82, 2.24) is 0 Å². The minimum Gasteiger partial charge on any atom is -0.465 e. The summed E-state index contributed by atoms with van der Waals surface area (Å²) < 4.78 is 10.00. The van der Waals surface area contributed by atoms with Gasteiger partial charge in [0.25, 0.3) is 0 Å². The highest BCUT2D eigenvalue weighted by molar-refractivity contribution is 5.98. The van der Waals surface area contributed by atoms with Gasteiger partial charge in [0.2, 0.25) is 0 Å². The van der Waals surface area contributed by atoms with E-state index in [0.29, 0.717) is 17.3 Å². The van der Waals surface area contributed by atoms with Crippen LogP contribution in [0.4, 0.5) is 11.4 Å². The zero-order chi connectivity index (χ0) is 13.0. The van der Waals surface area contributed by atoms with E-state index in [1.54, 1.807) is 12.1 Å². The summed E-state index contributed by atoms with van der Waals surface area (Å²) in [6.07, 6.45) is 1.89. The number of benzene rings is 1. The van der Waals surface area contributed by atoms with Gasteiger partial charge >= 0.3 is 5.97 Å². The number of carbonyl (C=O) groups excluding carboxylic acids is 1. The number of carbonyl (C=O) groups is 1. The molecule has 2 rings (SSSR count). The van der Waals surface area contributed by atoms with E-state index in [2.05, 4.69) is 5.32 Å². The highest BCUT2D eigenvalue weighted by atomic mass is 16.5. The fraction of sp³-hybridized carbons (Fsp3) is 0.462. The number of esters is 1. The first-order valence-electron chi connectivity index (χ1n) is 6.03. The normalized spacial score (nSPS) is 16.3. The van der Waals surface area contributed by atoms with Gasteiger partial charge in [0.15, 0.2) is 0 Å². The third-order valence-corrected chi connectivity index (χ3v) is 3.09. The largest absolute Gasteiger partial charge is 0.465 e. The third-order valence-electron chi connectivity index (χ3n) is 3.09. The number of rotatable bonds is 3. The van der Waals surface area contributed by atoms with Crippen molar-refractivity contribution in [3.8, 4) is 0 Å². The summed E-state index contributed by atoms with van der Waals surface area (Å²) in [4.78, 5) is 11.5.